The third-order valence-corrected chi connectivity index (χ3v) is 4.78. The van der Waals surface area contributed by atoms with E-state index in [9.17, 15) is 4.79 Å². The van der Waals surface area contributed by atoms with Gasteiger partial charge in [-0.3, -0.25) is 4.79 Å². The van der Waals surface area contributed by atoms with E-state index >= 15 is 0 Å². The third-order valence-electron chi connectivity index (χ3n) is 4.78. The monoisotopic (exact) mass is 349 g/mol. The fourth-order valence-corrected chi connectivity index (χ4v) is 3.37. The van der Waals surface area contributed by atoms with E-state index in [4.69, 9.17) is 14.7 Å². The minimum atomic E-state index is -0.0438. The Balaban J connectivity index is 1.50. The van der Waals surface area contributed by atoms with Crippen molar-refractivity contribution in [3.8, 4) is 17.6 Å². The topological polar surface area (TPSA) is 78.4 Å². The predicted octanol–water partition coefficient (Wildman–Crippen LogP) is 2.90. The molecule has 4 rings (SSSR count). The summed E-state index contributed by atoms with van der Waals surface area (Å²) in [6.07, 6.45) is 2.86. The van der Waals surface area contributed by atoms with Crippen LogP contribution in [0, 0.1) is 18.3 Å². The molecule has 0 spiro atoms. The maximum Gasteiger partial charge on any atom is 0.256 e. The number of carbonyl (C=O) groups is 1. The summed E-state index contributed by atoms with van der Waals surface area (Å²) in [6, 6.07) is 9.64. The summed E-state index contributed by atoms with van der Waals surface area (Å²) in [4.78, 5) is 17.4. The molecule has 1 amide bonds. The summed E-state index contributed by atoms with van der Waals surface area (Å²) in [7, 11) is 0. The Morgan fingerprint density at radius 3 is 2.73 bits per heavy atom. The van der Waals surface area contributed by atoms with E-state index in [1.807, 2.05) is 31.2 Å². The second kappa shape index (κ2) is 6.60. The van der Waals surface area contributed by atoms with E-state index < -0.39 is 0 Å². The van der Waals surface area contributed by atoms with Crippen molar-refractivity contribution in [2.24, 2.45) is 0 Å². The van der Waals surface area contributed by atoms with Crippen molar-refractivity contribution < 1.29 is 14.3 Å². The molecule has 3 heterocycles. The molecule has 0 bridgehead atoms. The maximum atomic E-state index is 12.7. The average molecular weight is 349 g/mol. The minimum absolute atomic E-state index is 0.0438. The summed E-state index contributed by atoms with van der Waals surface area (Å²) in [6.45, 7) is 4.16. The number of nitrogens with one attached hydrogen (secondary N) is 1. The van der Waals surface area contributed by atoms with Crippen molar-refractivity contribution in [2.45, 2.75) is 13.3 Å². The van der Waals surface area contributed by atoms with E-state index in [1.54, 1.807) is 11.0 Å². The van der Waals surface area contributed by atoms with Gasteiger partial charge in [0, 0.05) is 18.8 Å². The van der Waals surface area contributed by atoms with Gasteiger partial charge in [0.1, 0.15) is 25.0 Å². The Labute approximate surface area is 151 Å². The molecule has 6 nitrogen and oxygen atoms in total. The minimum Gasteiger partial charge on any atom is -0.486 e. The standard InChI is InChI=1S/C20H19N3O3/c1-13-17(11-16(12-21)22-13)20(24)23-6-4-14(5-7-23)15-2-3-18-19(10-15)26-9-8-25-18/h2-4,10-11,22H,5-9H2,1H3. The van der Waals surface area contributed by atoms with Crippen molar-refractivity contribution in [3.63, 3.8) is 0 Å². The number of ether oxygens (including phenoxy) is 2. The number of amides is 1. The van der Waals surface area contributed by atoms with E-state index in [1.165, 1.54) is 5.57 Å². The number of aromatic nitrogens is 1. The van der Waals surface area contributed by atoms with Crippen LogP contribution < -0.4 is 9.47 Å². The van der Waals surface area contributed by atoms with Crippen molar-refractivity contribution >= 4 is 11.5 Å². The fourth-order valence-electron chi connectivity index (χ4n) is 3.37. The molecule has 132 valence electrons. The summed E-state index contributed by atoms with van der Waals surface area (Å²) in [5, 5.41) is 8.98. The van der Waals surface area contributed by atoms with Crippen LogP contribution in [-0.2, 0) is 0 Å². The third kappa shape index (κ3) is 2.93. The highest BCUT2D eigenvalue weighted by Crippen LogP contribution is 2.34. The van der Waals surface area contributed by atoms with Gasteiger partial charge < -0.3 is 19.4 Å². The molecular weight excluding hydrogens is 330 g/mol. The molecule has 0 aliphatic carbocycles. The molecule has 0 radical (unpaired) electrons. The SMILES string of the molecule is Cc1[nH]c(C#N)cc1C(=O)N1CC=C(c2ccc3c(c2)OCCO3)CC1. The predicted molar refractivity (Wildman–Crippen MR) is 96.2 cm³/mol. The average Bonchev–Trinajstić information content (AvgIpc) is 3.08. The van der Waals surface area contributed by atoms with E-state index in [0.717, 1.165) is 29.2 Å². The Bertz CT molecular complexity index is 936. The number of nitrogens with zero attached hydrogens (tertiary/aromatic N) is 2. The van der Waals surface area contributed by atoms with Crippen LogP contribution in [0.2, 0.25) is 0 Å². The van der Waals surface area contributed by atoms with Gasteiger partial charge in [0.25, 0.3) is 5.91 Å². The van der Waals surface area contributed by atoms with E-state index in [0.29, 0.717) is 37.6 Å². The molecule has 2 aliphatic heterocycles. The first-order valence-corrected chi connectivity index (χ1v) is 8.64. The Morgan fingerprint density at radius 2 is 2.04 bits per heavy atom. The molecule has 0 saturated heterocycles. The summed E-state index contributed by atoms with van der Waals surface area (Å²) in [5.74, 6) is 1.52. The number of fused-ring (bicyclic) bond motifs is 1. The van der Waals surface area contributed by atoms with Gasteiger partial charge in [-0.05, 0) is 42.7 Å². The quantitative estimate of drug-likeness (QED) is 0.904. The Kier molecular flexibility index (Phi) is 4.13. The summed E-state index contributed by atoms with van der Waals surface area (Å²) >= 11 is 0. The number of aryl methyl sites for hydroxylation is 1. The van der Waals surface area contributed by atoms with Crippen LogP contribution in [0.5, 0.6) is 11.5 Å². The zero-order valence-corrected chi connectivity index (χ0v) is 14.5. The molecule has 0 atom stereocenters. The highest BCUT2D eigenvalue weighted by molar-refractivity contribution is 5.96. The van der Waals surface area contributed by atoms with E-state index in [2.05, 4.69) is 11.1 Å². The van der Waals surface area contributed by atoms with Gasteiger partial charge in [-0.2, -0.15) is 5.26 Å². The number of nitriles is 1. The first-order valence-electron chi connectivity index (χ1n) is 8.64. The molecular formula is C20H19N3O3. The molecule has 1 aromatic carbocycles. The van der Waals surface area contributed by atoms with E-state index in [-0.39, 0.29) is 5.91 Å². The van der Waals surface area contributed by atoms with Crippen molar-refractivity contribution in [1.82, 2.24) is 9.88 Å². The zero-order chi connectivity index (χ0) is 18.1. The summed E-state index contributed by atoms with van der Waals surface area (Å²) < 4.78 is 11.2. The van der Waals surface area contributed by atoms with Crippen LogP contribution in [0.4, 0.5) is 0 Å². The highest BCUT2D eigenvalue weighted by atomic mass is 16.6. The molecule has 0 saturated carbocycles. The normalized spacial score (nSPS) is 16.0. The van der Waals surface area contributed by atoms with Gasteiger partial charge in [-0.15, -0.1) is 0 Å². The Hall–Kier alpha value is -3.20. The largest absolute Gasteiger partial charge is 0.486 e. The van der Waals surface area contributed by atoms with Gasteiger partial charge in [-0.1, -0.05) is 12.1 Å². The fraction of sp³-hybridized carbons (Fsp3) is 0.300. The van der Waals surface area contributed by atoms with Gasteiger partial charge in [0.15, 0.2) is 11.5 Å². The lowest BCUT2D eigenvalue weighted by Gasteiger charge is -2.27. The smallest absolute Gasteiger partial charge is 0.256 e. The lowest BCUT2D eigenvalue weighted by atomic mass is 9.98. The van der Waals surface area contributed by atoms with Gasteiger partial charge >= 0.3 is 0 Å². The molecule has 2 aliphatic rings. The number of benzene rings is 1. The number of hydrogen-bond acceptors (Lipinski definition) is 4. The van der Waals surface area contributed by atoms with Gasteiger partial charge in [0.05, 0.1) is 5.56 Å². The van der Waals surface area contributed by atoms with Crippen molar-refractivity contribution in [2.75, 3.05) is 26.3 Å². The molecule has 2 aromatic rings. The zero-order valence-electron chi connectivity index (χ0n) is 14.5. The number of carbonyl (C=O) groups excluding carboxylic acids is 1. The molecule has 0 unspecified atom stereocenters. The van der Waals surface area contributed by atoms with Gasteiger partial charge in [-0.25, -0.2) is 0 Å². The summed E-state index contributed by atoms with van der Waals surface area (Å²) in [5.41, 5.74) is 4.02. The lowest BCUT2D eigenvalue weighted by molar-refractivity contribution is 0.0772. The van der Waals surface area contributed by atoms with Crippen LogP contribution >= 0.6 is 0 Å². The maximum absolute atomic E-state index is 12.7. The second-order valence-corrected chi connectivity index (χ2v) is 6.42. The molecule has 26 heavy (non-hydrogen) atoms. The van der Waals surface area contributed by atoms with Crippen LogP contribution in [-0.4, -0.2) is 42.1 Å². The molecule has 1 aromatic heterocycles. The first-order chi connectivity index (χ1) is 12.7. The van der Waals surface area contributed by atoms with Crippen LogP contribution in [0.3, 0.4) is 0 Å². The van der Waals surface area contributed by atoms with Gasteiger partial charge in [0.2, 0.25) is 0 Å². The lowest BCUT2D eigenvalue weighted by Crippen LogP contribution is -2.34. The van der Waals surface area contributed by atoms with Crippen molar-refractivity contribution in [1.29, 1.82) is 5.26 Å². The number of hydrogen-bond donors (Lipinski definition) is 1. The number of aromatic amines is 1. The molecule has 1 N–H and O–H groups in total. The highest BCUT2D eigenvalue weighted by Gasteiger charge is 2.23. The number of rotatable bonds is 2. The van der Waals surface area contributed by atoms with Crippen molar-refractivity contribution in [3.05, 3.63) is 52.9 Å². The van der Waals surface area contributed by atoms with Crippen LogP contribution in [0.15, 0.2) is 30.3 Å². The van der Waals surface area contributed by atoms with Crippen LogP contribution in [0.1, 0.15) is 33.7 Å². The number of H-pyrrole nitrogens is 1. The molecule has 6 heteroatoms. The molecule has 0 fully saturated rings. The second-order valence-electron chi connectivity index (χ2n) is 6.42. The first kappa shape index (κ1) is 16.3. The Morgan fingerprint density at radius 1 is 1.23 bits per heavy atom. The van der Waals surface area contributed by atoms with Crippen LogP contribution in [0.25, 0.3) is 5.57 Å².